The van der Waals surface area contributed by atoms with E-state index in [-0.39, 0.29) is 11.3 Å². The molecule has 0 aliphatic rings. The standard InChI is InChI=1S/C17H19ClN2O/c1-17(2,3)12-5-7-13(8-6-12)20-16(21)11-4-9-15(19)14(18)10-11/h4-10H,19H2,1-3H3,(H,20,21). The molecule has 110 valence electrons. The van der Waals surface area contributed by atoms with Gasteiger partial charge in [-0.3, -0.25) is 4.79 Å². The smallest absolute Gasteiger partial charge is 0.255 e. The fraction of sp³-hybridized carbons (Fsp3) is 0.235. The van der Waals surface area contributed by atoms with Gasteiger partial charge >= 0.3 is 0 Å². The third-order valence-electron chi connectivity index (χ3n) is 3.27. The molecule has 0 bridgehead atoms. The molecule has 0 unspecified atom stereocenters. The highest BCUT2D eigenvalue weighted by Gasteiger charge is 2.13. The van der Waals surface area contributed by atoms with Crippen molar-refractivity contribution in [3.05, 3.63) is 58.6 Å². The molecule has 1 amide bonds. The summed E-state index contributed by atoms with van der Waals surface area (Å²) < 4.78 is 0. The maximum atomic E-state index is 12.1. The third-order valence-corrected chi connectivity index (χ3v) is 3.60. The Morgan fingerprint density at radius 2 is 1.71 bits per heavy atom. The molecule has 0 spiro atoms. The summed E-state index contributed by atoms with van der Waals surface area (Å²) in [7, 11) is 0. The summed E-state index contributed by atoms with van der Waals surface area (Å²) in [6, 6.07) is 12.7. The minimum atomic E-state index is -0.208. The molecule has 0 atom stereocenters. The third kappa shape index (κ3) is 3.76. The molecule has 0 fully saturated rings. The largest absolute Gasteiger partial charge is 0.398 e. The SMILES string of the molecule is CC(C)(C)c1ccc(NC(=O)c2ccc(N)c(Cl)c2)cc1. The van der Waals surface area contributed by atoms with Crippen molar-refractivity contribution in [3.63, 3.8) is 0 Å². The summed E-state index contributed by atoms with van der Waals surface area (Å²) in [5.74, 6) is -0.208. The second-order valence-corrected chi connectivity index (χ2v) is 6.42. The number of halogens is 1. The van der Waals surface area contributed by atoms with Crippen LogP contribution in [-0.4, -0.2) is 5.91 Å². The van der Waals surface area contributed by atoms with E-state index >= 15 is 0 Å². The van der Waals surface area contributed by atoms with E-state index in [1.165, 1.54) is 5.56 Å². The summed E-state index contributed by atoms with van der Waals surface area (Å²) in [4.78, 5) is 12.1. The summed E-state index contributed by atoms with van der Waals surface area (Å²) in [5, 5.41) is 3.23. The highest BCUT2D eigenvalue weighted by molar-refractivity contribution is 6.33. The predicted octanol–water partition coefficient (Wildman–Crippen LogP) is 4.47. The van der Waals surface area contributed by atoms with Crippen molar-refractivity contribution >= 4 is 28.9 Å². The topological polar surface area (TPSA) is 55.1 Å². The van der Waals surface area contributed by atoms with Gasteiger partial charge in [0, 0.05) is 11.3 Å². The van der Waals surface area contributed by atoms with Crippen LogP contribution in [-0.2, 0) is 5.41 Å². The summed E-state index contributed by atoms with van der Waals surface area (Å²) in [6.07, 6.45) is 0. The molecule has 3 N–H and O–H groups in total. The Hall–Kier alpha value is -2.00. The van der Waals surface area contributed by atoms with Gasteiger partial charge in [-0.2, -0.15) is 0 Å². The zero-order chi connectivity index (χ0) is 15.6. The van der Waals surface area contributed by atoms with Gasteiger partial charge in [0.1, 0.15) is 0 Å². The normalized spacial score (nSPS) is 11.2. The fourth-order valence-corrected chi connectivity index (χ4v) is 2.11. The number of anilines is 2. The Morgan fingerprint density at radius 1 is 1.10 bits per heavy atom. The first-order chi connectivity index (χ1) is 9.77. The van der Waals surface area contributed by atoms with Gasteiger partial charge in [-0.15, -0.1) is 0 Å². The van der Waals surface area contributed by atoms with Crippen molar-refractivity contribution in [1.82, 2.24) is 0 Å². The maximum Gasteiger partial charge on any atom is 0.255 e. The number of hydrogen-bond acceptors (Lipinski definition) is 2. The van der Waals surface area contributed by atoms with E-state index in [1.54, 1.807) is 18.2 Å². The molecule has 2 aromatic carbocycles. The second-order valence-electron chi connectivity index (χ2n) is 6.02. The molecule has 0 aliphatic carbocycles. The monoisotopic (exact) mass is 302 g/mol. The number of nitrogen functional groups attached to an aromatic ring is 1. The van der Waals surface area contributed by atoms with Crippen molar-refractivity contribution in [3.8, 4) is 0 Å². The van der Waals surface area contributed by atoms with Gasteiger partial charge in [-0.05, 0) is 41.3 Å². The zero-order valence-electron chi connectivity index (χ0n) is 12.4. The Balaban J connectivity index is 2.14. The maximum absolute atomic E-state index is 12.1. The van der Waals surface area contributed by atoms with Gasteiger partial charge in [0.05, 0.1) is 10.7 Å². The first kappa shape index (κ1) is 15.4. The summed E-state index contributed by atoms with van der Waals surface area (Å²) in [5.41, 5.74) is 8.64. The summed E-state index contributed by atoms with van der Waals surface area (Å²) >= 11 is 5.93. The number of amides is 1. The Morgan fingerprint density at radius 3 is 2.24 bits per heavy atom. The number of carbonyl (C=O) groups is 1. The van der Waals surface area contributed by atoms with Crippen molar-refractivity contribution in [1.29, 1.82) is 0 Å². The second kappa shape index (κ2) is 5.78. The molecular formula is C17H19ClN2O. The van der Waals surface area contributed by atoms with Gasteiger partial charge < -0.3 is 11.1 Å². The van der Waals surface area contributed by atoms with E-state index in [0.717, 1.165) is 5.69 Å². The van der Waals surface area contributed by atoms with Crippen LogP contribution in [0.25, 0.3) is 0 Å². The van der Waals surface area contributed by atoms with Crippen LogP contribution >= 0.6 is 11.6 Å². The van der Waals surface area contributed by atoms with Crippen LogP contribution in [0.4, 0.5) is 11.4 Å². The quantitative estimate of drug-likeness (QED) is 0.804. The fourth-order valence-electron chi connectivity index (χ4n) is 1.93. The van der Waals surface area contributed by atoms with Crippen molar-refractivity contribution in [2.24, 2.45) is 0 Å². The number of rotatable bonds is 2. The van der Waals surface area contributed by atoms with Gasteiger partial charge in [0.25, 0.3) is 5.91 Å². The molecule has 21 heavy (non-hydrogen) atoms. The lowest BCUT2D eigenvalue weighted by atomic mass is 9.87. The molecule has 3 nitrogen and oxygen atoms in total. The predicted molar refractivity (Wildman–Crippen MR) is 89.0 cm³/mol. The number of nitrogens with two attached hydrogens (primary N) is 1. The van der Waals surface area contributed by atoms with Crippen LogP contribution in [0.3, 0.4) is 0 Å². The van der Waals surface area contributed by atoms with E-state index < -0.39 is 0 Å². The van der Waals surface area contributed by atoms with Crippen molar-refractivity contribution in [2.45, 2.75) is 26.2 Å². The van der Waals surface area contributed by atoms with Crippen LogP contribution in [0.15, 0.2) is 42.5 Å². The van der Waals surface area contributed by atoms with Crippen LogP contribution < -0.4 is 11.1 Å². The van der Waals surface area contributed by atoms with E-state index in [4.69, 9.17) is 17.3 Å². The first-order valence-corrected chi connectivity index (χ1v) is 7.12. The molecule has 4 heteroatoms. The lowest BCUT2D eigenvalue weighted by Crippen LogP contribution is -2.13. The van der Waals surface area contributed by atoms with Crippen LogP contribution in [0.5, 0.6) is 0 Å². The summed E-state index contributed by atoms with van der Waals surface area (Å²) in [6.45, 7) is 6.45. The van der Waals surface area contributed by atoms with E-state index in [1.807, 2.05) is 24.3 Å². The zero-order valence-corrected chi connectivity index (χ0v) is 13.2. The molecule has 0 aliphatic heterocycles. The van der Waals surface area contributed by atoms with Crippen LogP contribution in [0, 0.1) is 0 Å². The van der Waals surface area contributed by atoms with Gasteiger partial charge in [0.2, 0.25) is 0 Å². The molecule has 0 saturated heterocycles. The lowest BCUT2D eigenvalue weighted by molar-refractivity contribution is 0.102. The molecule has 0 radical (unpaired) electrons. The van der Waals surface area contributed by atoms with E-state index in [9.17, 15) is 4.79 Å². The number of benzene rings is 2. The highest BCUT2D eigenvalue weighted by Crippen LogP contribution is 2.24. The minimum absolute atomic E-state index is 0.0903. The molecule has 0 aromatic heterocycles. The Kier molecular flexibility index (Phi) is 4.24. The van der Waals surface area contributed by atoms with Crippen molar-refractivity contribution in [2.75, 3.05) is 11.1 Å². The van der Waals surface area contributed by atoms with Crippen LogP contribution in [0.1, 0.15) is 36.7 Å². The highest BCUT2D eigenvalue weighted by atomic mass is 35.5. The molecule has 2 rings (SSSR count). The molecular weight excluding hydrogens is 284 g/mol. The average Bonchev–Trinajstić information content (AvgIpc) is 2.41. The molecule has 0 saturated carbocycles. The Labute approximate surface area is 130 Å². The minimum Gasteiger partial charge on any atom is -0.398 e. The molecule has 0 heterocycles. The average molecular weight is 303 g/mol. The van der Waals surface area contributed by atoms with Crippen molar-refractivity contribution < 1.29 is 4.79 Å². The Bertz CT molecular complexity index is 657. The number of carbonyl (C=O) groups excluding carboxylic acids is 1. The van der Waals surface area contributed by atoms with Crippen LogP contribution in [0.2, 0.25) is 5.02 Å². The van der Waals surface area contributed by atoms with Gasteiger partial charge in [-0.25, -0.2) is 0 Å². The van der Waals surface area contributed by atoms with Gasteiger partial charge in [0.15, 0.2) is 0 Å². The first-order valence-electron chi connectivity index (χ1n) is 6.74. The number of hydrogen-bond donors (Lipinski definition) is 2. The van der Waals surface area contributed by atoms with E-state index in [2.05, 4.69) is 26.1 Å². The van der Waals surface area contributed by atoms with Gasteiger partial charge in [-0.1, -0.05) is 44.5 Å². The molecule has 2 aromatic rings. The lowest BCUT2D eigenvalue weighted by Gasteiger charge is -2.19. The van der Waals surface area contributed by atoms with E-state index in [0.29, 0.717) is 16.3 Å². The number of nitrogens with one attached hydrogen (secondary N) is 1.